The Morgan fingerprint density at radius 3 is 2.45 bits per heavy atom. The molecule has 2 aromatic carbocycles. The zero-order valence-electron chi connectivity index (χ0n) is 18.8. The minimum absolute atomic E-state index is 0.0215. The number of aromatic nitrogens is 3. The fraction of sp³-hybridized carbons (Fsp3) is 0.292. The fourth-order valence-corrected chi connectivity index (χ4v) is 4.67. The number of methoxy groups -OCH3 is 1. The summed E-state index contributed by atoms with van der Waals surface area (Å²) in [6.45, 7) is 4.48. The lowest BCUT2D eigenvalue weighted by Gasteiger charge is -2.24. The summed E-state index contributed by atoms with van der Waals surface area (Å²) in [5, 5.41) is 17.9. The van der Waals surface area contributed by atoms with Crippen molar-refractivity contribution in [2.24, 2.45) is 0 Å². The highest BCUT2D eigenvalue weighted by Crippen LogP contribution is 2.34. The maximum Gasteiger partial charge on any atom is 0.191 e. The normalized spacial score (nSPS) is 11.5. The van der Waals surface area contributed by atoms with Crippen LogP contribution in [0, 0.1) is 0 Å². The highest BCUT2D eigenvalue weighted by atomic mass is 32.2. The molecule has 0 bridgehead atoms. The maximum absolute atomic E-state index is 9.76. The summed E-state index contributed by atoms with van der Waals surface area (Å²) in [6, 6.07) is 18.2. The third-order valence-electron chi connectivity index (χ3n) is 4.90. The van der Waals surface area contributed by atoms with Crippen molar-refractivity contribution < 1.29 is 9.84 Å². The summed E-state index contributed by atoms with van der Waals surface area (Å²) in [7, 11) is 1.66. The second kappa shape index (κ2) is 10.4. The van der Waals surface area contributed by atoms with Gasteiger partial charge < -0.3 is 20.5 Å². The third-order valence-corrected chi connectivity index (χ3v) is 6.83. The molecule has 0 unspecified atom stereocenters. The van der Waals surface area contributed by atoms with Gasteiger partial charge in [-0.15, -0.1) is 0 Å². The van der Waals surface area contributed by atoms with Crippen LogP contribution < -0.4 is 15.4 Å². The molecular formula is C24H27N5O2S2. The molecule has 4 aromatic rings. The number of anilines is 2. The molecule has 0 radical (unpaired) electrons. The van der Waals surface area contributed by atoms with Crippen LogP contribution in [0.5, 0.6) is 5.75 Å². The van der Waals surface area contributed by atoms with E-state index in [1.165, 1.54) is 16.9 Å². The summed E-state index contributed by atoms with van der Waals surface area (Å²) >= 11 is 3.07. The van der Waals surface area contributed by atoms with E-state index < -0.39 is 5.54 Å². The van der Waals surface area contributed by atoms with Crippen molar-refractivity contribution in [2.45, 2.75) is 36.8 Å². The van der Waals surface area contributed by atoms with E-state index in [4.69, 9.17) is 19.7 Å². The molecule has 2 aromatic heterocycles. The van der Waals surface area contributed by atoms with Crippen LogP contribution in [-0.4, -0.2) is 39.3 Å². The molecule has 0 saturated heterocycles. The zero-order chi connectivity index (χ0) is 23.3. The van der Waals surface area contributed by atoms with Crippen LogP contribution in [0.15, 0.2) is 59.8 Å². The molecule has 172 valence electrons. The Kier molecular flexibility index (Phi) is 7.32. The quantitative estimate of drug-likeness (QED) is 0.211. The van der Waals surface area contributed by atoms with Crippen LogP contribution in [0.1, 0.15) is 25.0 Å². The Labute approximate surface area is 201 Å². The first-order valence-electron chi connectivity index (χ1n) is 10.6. The number of hydrogen-bond donors (Lipinski definition) is 3. The SMILES string of the molecule is COc1ccc(CNc2nc3nc(SCc4ccccc4)nc(NC(C)(C)CO)c3s2)cc1. The molecule has 0 atom stereocenters. The minimum Gasteiger partial charge on any atom is -0.497 e. The van der Waals surface area contributed by atoms with Gasteiger partial charge in [0.2, 0.25) is 0 Å². The van der Waals surface area contributed by atoms with Gasteiger partial charge in [-0.25, -0.2) is 9.97 Å². The molecule has 33 heavy (non-hydrogen) atoms. The number of nitrogens with zero attached hydrogens (tertiary/aromatic N) is 3. The van der Waals surface area contributed by atoms with E-state index in [-0.39, 0.29) is 6.61 Å². The molecule has 0 fully saturated rings. The summed E-state index contributed by atoms with van der Waals surface area (Å²) in [4.78, 5) is 14.2. The fourth-order valence-electron chi connectivity index (χ4n) is 3.03. The number of hydrogen-bond acceptors (Lipinski definition) is 9. The second-order valence-corrected chi connectivity index (χ2v) is 10.1. The first-order chi connectivity index (χ1) is 16.0. The van der Waals surface area contributed by atoms with Crippen LogP contribution in [0.4, 0.5) is 10.9 Å². The number of aliphatic hydroxyl groups is 1. The highest BCUT2D eigenvalue weighted by Gasteiger charge is 2.21. The van der Waals surface area contributed by atoms with Gasteiger partial charge in [0.15, 0.2) is 21.8 Å². The van der Waals surface area contributed by atoms with Crippen molar-refractivity contribution >= 4 is 44.4 Å². The number of benzene rings is 2. The monoisotopic (exact) mass is 481 g/mol. The van der Waals surface area contributed by atoms with E-state index in [9.17, 15) is 5.11 Å². The zero-order valence-corrected chi connectivity index (χ0v) is 20.5. The second-order valence-electron chi connectivity index (χ2n) is 8.17. The van der Waals surface area contributed by atoms with Crippen molar-refractivity contribution in [3.63, 3.8) is 0 Å². The molecular weight excluding hydrogens is 454 g/mol. The topological polar surface area (TPSA) is 92.2 Å². The number of rotatable bonds is 10. The largest absolute Gasteiger partial charge is 0.497 e. The Balaban J connectivity index is 1.57. The van der Waals surface area contributed by atoms with Gasteiger partial charge in [0.1, 0.15) is 10.4 Å². The molecule has 0 spiro atoms. The van der Waals surface area contributed by atoms with Gasteiger partial charge in [-0.05, 0) is 37.1 Å². The highest BCUT2D eigenvalue weighted by molar-refractivity contribution is 7.98. The van der Waals surface area contributed by atoms with Crippen molar-refractivity contribution in [1.82, 2.24) is 15.0 Å². The number of aliphatic hydroxyl groups excluding tert-OH is 1. The molecule has 3 N–H and O–H groups in total. The summed E-state index contributed by atoms with van der Waals surface area (Å²) in [6.07, 6.45) is 0. The summed E-state index contributed by atoms with van der Waals surface area (Å²) in [5.74, 6) is 2.28. The van der Waals surface area contributed by atoms with Gasteiger partial charge in [0, 0.05) is 12.3 Å². The Bertz CT molecular complexity index is 1200. The Morgan fingerprint density at radius 2 is 1.76 bits per heavy atom. The van der Waals surface area contributed by atoms with Crippen LogP contribution in [0.25, 0.3) is 10.3 Å². The smallest absolute Gasteiger partial charge is 0.191 e. The molecule has 0 saturated carbocycles. The standard InChI is InChI=1S/C24H27N5O2S2/c1-24(2,15-30)29-21-19-20(27-23(28-21)32-14-17-7-5-4-6-8-17)26-22(33-19)25-13-16-9-11-18(31-3)12-10-16/h4-12,30H,13-15H2,1-3H3,(H2,25,26,27,28,29). The van der Waals surface area contributed by atoms with Crippen LogP contribution in [0.2, 0.25) is 0 Å². The summed E-state index contributed by atoms with van der Waals surface area (Å²) < 4.78 is 6.08. The van der Waals surface area contributed by atoms with Crippen molar-refractivity contribution in [3.05, 3.63) is 65.7 Å². The van der Waals surface area contributed by atoms with E-state index >= 15 is 0 Å². The van der Waals surface area contributed by atoms with E-state index in [2.05, 4.69) is 22.8 Å². The van der Waals surface area contributed by atoms with E-state index in [1.54, 1.807) is 18.9 Å². The van der Waals surface area contributed by atoms with E-state index in [0.717, 1.165) is 26.9 Å². The maximum atomic E-state index is 9.76. The molecule has 4 rings (SSSR count). The van der Waals surface area contributed by atoms with Gasteiger partial charge in [-0.2, -0.15) is 4.98 Å². The van der Waals surface area contributed by atoms with Crippen LogP contribution in [0.3, 0.4) is 0 Å². The number of ether oxygens (including phenoxy) is 1. The number of thioether (sulfide) groups is 1. The minimum atomic E-state index is -0.524. The van der Waals surface area contributed by atoms with Crippen molar-refractivity contribution in [3.8, 4) is 5.75 Å². The first kappa shape index (κ1) is 23.3. The van der Waals surface area contributed by atoms with Gasteiger partial charge in [-0.1, -0.05) is 65.6 Å². The predicted molar refractivity (Wildman–Crippen MR) is 136 cm³/mol. The molecule has 9 heteroatoms. The van der Waals surface area contributed by atoms with Gasteiger partial charge in [0.25, 0.3) is 0 Å². The van der Waals surface area contributed by atoms with Gasteiger partial charge in [0.05, 0.1) is 19.3 Å². The lowest BCUT2D eigenvalue weighted by atomic mass is 10.1. The van der Waals surface area contributed by atoms with Gasteiger partial charge in [-0.3, -0.25) is 0 Å². The Morgan fingerprint density at radius 1 is 1.00 bits per heavy atom. The predicted octanol–water partition coefficient (Wildman–Crippen LogP) is 5.18. The Hall–Kier alpha value is -2.88. The molecule has 0 amide bonds. The average molecular weight is 482 g/mol. The van der Waals surface area contributed by atoms with Crippen molar-refractivity contribution in [1.29, 1.82) is 0 Å². The van der Waals surface area contributed by atoms with E-state index in [0.29, 0.717) is 23.2 Å². The van der Waals surface area contributed by atoms with Crippen molar-refractivity contribution in [2.75, 3.05) is 24.4 Å². The molecule has 7 nitrogen and oxygen atoms in total. The molecule has 0 aliphatic heterocycles. The first-order valence-corrected chi connectivity index (χ1v) is 12.4. The lowest BCUT2D eigenvalue weighted by molar-refractivity contribution is 0.234. The number of thiazole rings is 1. The third kappa shape index (κ3) is 6.13. The summed E-state index contributed by atoms with van der Waals surface area (Å²) in [5.41, 5.74) is 2.44. The lowest BCUT2D eigenvalue weighted by Crippen LogP contribution is -2.35. The number of nitrogens with one attached hydrogen (secondary N) is 2. The van der Waals surface area contributed by atoms with E-state index in [1.807, 2.05) is 56.3 Å². The van der Waals surface area contributed by atoms with Crippen LogP contribution >= 0.6 is 23.1 Å². The number of fused-ring (bicyclic) bond motifs is 1. The van der Waals surface area contributed by atoms with Gasteiger partial charge >= 0.3 is 0 Å². The molecule has 0 aliphatic carbocycles. The average Bonchev–Trinajstić information content (AvgIpc) is 3.26. The van der Waals surface area contributed by atoms with Crippen LogP contribution in [-0.2, 0) is 12.3 Å². The molecule has 0 aliphatic rings. The molecule has 2 heterocycles.